The van der Waals surface area contributed by atoms with E-state index in [-0.39, 0.29) is 17.3 Å². The summed E-state index contributed by atoms with van der Waals surface area (Å²) in [4.78, 5) is 25.4. The zero-order chi connectivity index (χ0) is 22.7. The Kier molecular flexibility index (Phi) is 6.16. The standard InChI is InChI=1S/C25H25FN4O2/c1-17-22-16-28-30(21-7-4-3-5-8-21)25(32)24(22)18(2)29(17)14-6-9-23(31)27-15-19-10-12-20(26)13-11-19/h3-5,7-8,10-13,16H,6,9,14-15H2,1-2H3,(H,27,31). The first-order chi connectivity index (χ1) is 15.5. The van der Waals surface area contributed by atoms with E-state index in [2.05, 4.69) is 15.0 Å². The van der Waals surface area contributed by atoms with Gasteiger partial charge in [0.15, 0.2) is 0 Å². The molecule has 0 saturated heterocycles. The number of rotatable bonds is 7. The Morgan fingerprint density at radius 2 is 1.75 bits per heavy atom. The van der Waals surface area contributed by atoms with Gasteiger partial charge in [-0.25, -0.2) is 4.39 Å². The normalized spacial score (nSPS) is 11.1. The van der Waals surface area contributed by atoms with E-state index in [9.17, 15) is 14.0 Å². The van der Waals surface area contributed by atoms with Gasteiger partial charge in [-0.15, -0.1) is 0 Å². The van der Waals surface area contributed by atoms with E-state index in [0.29, 0.717) is 31.3 Å². The summed E-state index contributed by atoms with van der Waals surface area (Å²) in [6.45, 7) is 4.90. The van der Waals surface area contributed by atoms with Crippen LogP contribution in [-0.4, -0.2) is 20.3 Å². The molecule has 32 heavy (non-hydrogen) atoms. The lowest BCUT2D eigenvalue weighted by Gasteiger charge is -2.09. The van der Waals surface area contributed by atoms with Crippen molar-refractivity contribution in [3.05, 3.63) is 93.9 Å². The molecule has 164 valence electrons. The SMILES string of the molecule is Cc1c2cnn(-c3ccccc3)c(=O)c2c(C)n1CCCC(=O)NCc1ccc(F)cc1. The summed E-state index contributed by atoms with van der Waals surface area (Å²) >= 11 is 0. The summed E-state index contributed by atoms with van der Waals surface area (Å²) in [6, 6.07) is 15.4. The van der Waals surface area contributed by atoms with E-state index < -0.39 is 0 Å². The quantitative estimate of drug-likeness (QED) is 0.479. The molecule has 0 atom stereocenters. The summed E-state index contributed by atoms with van der Waals surface area (Å²) in [6.07, 6.45) is 2.73. The van der Waals surface area contributed by atoms with Crippen molar-refractivity contribution >= 4 is 16.7 Å². The van der Waals surface area contributed by atoms with Crippen LogP contribution in [0, 0.1) is 19.7 Å². The summed E-state index contributed by atoms with van der Waals surface area (Å²) in [7, 11) is 0. The molecule has 0 aliphatic rings. The Bertz CT molecular complexity index is 1310. The molecule has 4 aromatic rings. The highest BCUT2D eigenvalue weighted by atomic mass is 19.1. The zero-order valence-electron chi connectivity index (χ0n) is 18.1. The largest absolute Gasteiger partial charge is 0.352 e. The van der Waals surface area contributed by atoms with E-state index in [4.69, 9.17) is 0 Å². The number of hydrogen-bond donors (Lipinski definition) is 1. The van der Waals surface area contributed by atoms with Crippen molar-refractivity contribution in [1.29, 1.82) is 0 Å². The van der Waals surface area contributed by atoms with E-state index in [1.54, 1.807) is 18.3 Å². The number of fused-ring (bicyclic) bond motifs is 1. The van der Waals surface area contributed by atoms with Crippen molar-refractivity contribution < 1.29 is 9.18 Å². The average molecular weight is 432 g/mol. The molecule has 0 spiro atoms. The molecule has 0 aliphatic carbocycles. The highest BCUT2D eigenvalue weighted by Gasteiger charge is 2.17. The van der Waals surface area contributed by atoms with Crippen LogP contribution in [0.25, 0.3) is 16.5 Å². The molecule has 1 N–H and O–H groups in total. The van der Waals surface area contributed by atoms with E-state index in [1.165, 1.54) is 16.8 Å². The van der Waals surface area contributed by atoms with Crippen LogP contribution in [-0.2, 0) is 17.9 Å². The number of para-hydroxylation sites is 1. The summed E-state index contributed by atoms with van der Waals surface area (Å²) in [5, 5.41) is 8.71. The van der Waals surface area contributed by atoms with Crippen molar-refractivity contribution in [2.75, 3.05) is 0 Å². The molecule has 7 heteroatoms. The first-order valence-electron chi connectivity index (χ1n) is 10.6. The molecular weight excluding hydrogens is 407 g/mol. The Morgan fingerprint density at radius 1 is 1.03 bits per heavy atom. The van der Waals surface area contributed by atoms with Gasteiger partial charge in [-0.1, -0.05) is 30.3 Å². The van der Waals surface area contributed by atoms with E-state index >= 15 is 0 Å². The molecule has 0 saturated carbocycles. The van der Waals surface area contributed by atoms with Crippen LogP contribution in [0.3, 0.4) is 0 Å². The van der Waals surface area contributed by atoms with Crippen LogP contribution in [0.1, 0.15) is 29.8 Å². The van der Waals surface area contributed by atoms with Crippen LogP contribution in [0.15, 0.2) is 65.6 Å². The van der Waals surface area contributed by atoms with Gasteiger partial charge in [0.2, 0.25) is 5.91 Å². The van der Waals surface area contributed by atoms with Crippen LogP contribution < -0.4 is 10.9 Å². The number of benzene rings is 2. The van der Waals surface area contributed by atoms with E-state index in [1.807, 2.05) is 44.2 Å². The molecule has 2 heterocycles. The third kappa shape index (κ3) is 4.32. The van der Waals surface area contributed by atoms with Crippen LogP contribution in [0.4, 0.5) is 4.39 Å². The maximum absolute atomic E-state index is 13.1. The minimum absolute atomic E-state index is 0.0607. The van der Waals surface area contributed by atoms with Crippen molar-refractivity contribution in [2.24, 2.45) is 0 Å². The van der Waals surface area contributed by atoms with Gasteiger partial charge >= 0.3 is 0 Å². The fraction of sp³-hybridized carbons (Fsp3) is 0.240. The maximum Gasteiger partial charge on any atom is 0.281 e. The maximum atomic E-state index is 13.1. The molecule has 2 aromatic heterocycles. The molecule has 0 aliphatic heterocycles. The van der Waals surface area contributed by atoms with Gasteiger partial charge < -0.3 is 9.88 Å². The van der Waals surface area contributed by atoms with Crippen LogP contribution in [0.2, 0.25) is 0 Å². The minimum atomic E-state index is -0.296. The van der Waals surface area contributed by atoms with Crippen molar-refractivity contribution in [1.82, 2.24) is 19.7 Å². The van der Waals surface area contributed by atoms with Gasteiger partial charge in [-0.2, -0.15) is 9.78 Å². The van der Waals surface area contributed by atoms with Crippen LogP contribution >= 0.6 is 0 Å². The molecule has 0 unspecified atom stereocenters. The highest BCUT2D eigenvalue weighted by Crippen LogP contribution is 2.23. The van der Waals surface area contributed by atoms with Gasteiger partial charge in [-0.3, -0.25) is 9.59 Å². The number of aromatic nitrogens is 3. The molecule has 1 amide bonds. The number of hydrogen-bond acceptors (Lipinski definition) is 3. The molecule has 0 fully saturated rings. The number of nitrogens with one attached hydrogen (secondary N) is 1. The zero-order valence-corrected chi connectivity index (χ0v) is 18.1. The van der Waals surface area contributed by atoms with Gasteiger partial charge in [0.05, 0.1) is 17.3 Å². The molecule has 0 radical (unpaired) electrons. The second-order valence-corrected chi connectivity index (χ2v) is 7.81. The molecular formula is C25H25FN4O2. The Hall–Kier alpha value is -3.74. The molecule has 0 bridgehead atoms. The van der Waals surface area contributed by atoms with Crippen molar-refractivity contribution in [3.63, 3.8) is 0 Å². The fourth-order valence-corrected chi connectivity index (χ4v) is 3.99. The first kappa shape index (κ1) is 21.5. The number of halogens is 1. The summed E-state index contributed by atoms with van der Waals surface area (Å²) in [5.74, 6) is -0.356. The lowest BCUT2D eigenvalue weighted by Crippen LogP contribution is -2.23. The van der Waals surface area contributed by atoms with Gasteiger partial charge in [0.25, 0.3) is 5.56 Å². The molecule has 4 rings (SSSR count). The average Bonchev–Trinajstić information content (AvgIpc) is 3.05. The second-order valence-electron chi connectivity index (χ2n) is 7.81. The fourth-order valence-electron chi connectivity index (χ4n) is 3.99. The second kappa shape index (κ2) is 9.18. The number of nitrogens with zero attached hydrogens (tertiary/aromatic N) is 3. The molecule has 6 nitrogen and oxygen atoms in total. The number of carbonyl (C=O) groups is 1. The minimum Gasteiger partial charge on any atom is -0.352 e. The van der Waals surface area contributed by atoms with Crippen LogP contribution in [0.5, 0.6) is 0 Å². The third-order valence-electron chi connectivity index (χ3n) is 5.73. The lowest BCUT2D eigenvalue weighted by molar-refractivity contribution is -0.121. The number of amides is 1. The Labute approximate surface area is 185 Å². The molecule has 2 aromatic carbocycles. The van der Waals surface area contributed by atoms with E-state index in [0.717, 1.165) is 28.0 Å². The van der Waals surface area contributed by atoms with Crippen molar-refractivity contribution in [3.8, 4) is 5.69 Å². The smallest absolute Gasteiger partial charge is 0.281 e. The highest BCUT2D eigenvalue weighted by molar-refractivity contribution is 5.87. The first-order valence-corrected chi connectivity index (χ1v) is 10.6. The predicted molar refractivity (Wildman–Crippen MR) is 122 cm³/mol. The van der Waals surface area contributed by atoms with Gasteiger partial charge in [0, 0.05) is 36.3 Å². The summed E-state index contributed by atoms with van der Waals surface area (Å²) in [5.41, 5.74) is 3.27. The Balaban J connectivity index is 1.45. The predicted octanol–water partition coefficient (Wildman–Crippen LogP) is 4.04. The topological polar surface area (TPSA) is 68.9 Å². The number of aryl methyl sites for hydroxylation is 2. The van der Waals surface area contributed by atoms with Gasteiger partial charge in [-0.05, 0) is 50.1 Å². The lowest BCUT2D eigenvalue weighted by atomic mass is 10.2. The third-order valence-corrected chi connectivity index (χ3v) is 5.73. The van der Waals surface area contributed by atoms with Gasteiger partial charge in [0.1, 0.15) is 5.82 Å². The monoisotopic (exact) mass is 432 g/mol. The van der Waals surface area contributed by atoms with Crippen molar-refractivity contribution in [2.45, 2.75) is 39.8 Å². The summed E-state index contributed by atoms with van der Waals surface area (Å²) < 4.78 is 16.5. The number of carbonyl (C=O) groups excluding carboxylic acids is 1. The Morgan fingerprint density at radius 3 is 2.47 bits per heavy atom.